The second kappa shape index (κ2) is 10.5. The van der Waals surface area contributed by atoms with Crippen LogP contribution >= 0.6 is 0 Å². The first kappa shape index (κ1) is 23.4. The highest BCUT2D eigenvalue weighted by Crippen LogP contribution is 2.30. The van der Waals surface area contributed by atoms with Gasteiger partial charge in [0.1, 0.15) is 17.0 Å². The lowest BCUT2D eigenvalue weighted by atomic mass is 9.96. The Balaban J connectivity index is 1.11. The number of methoxy groups -OCH3 is 1. The number of benzene rings is 3. The largest absolute Gasteiger partial charge is 0.497 e. The minimum Gasteiger partial charge on any atom is -0.497 e. The Bertz CT molecular complexity index is 1320. The third kappa shape index (κ3) is 5.33. The molecule has 2 amide bonds. The summed E-state index contributed by atoms with van der Waals surface area (Å²) in [5.74, 6) is 1.82. The number of nitrogens with zero attached hydrogens (tertiary/aromatic N) is 2. The number of rotatable bonds is 7. The van der Waals surface area contributed by atoms with Crippen molar-refractivity contribution in [2.45, 2.75) is 18.8 Å². The molecule has 8 nitrogen and oxygen atoms in total. The minimum absolute atomic E-state index is 0.0201. The van der Waals surface area contributed by atoms with E-state index in [9.17, 15) is 9.59 Å². The molecular weight excluding hydrogens is 458 g/mol. The number of likely N-dealkylation sites (tertiary alicyclic amines) is 1. The Morgan fingerprint density at radius 3 is 2.53 bits per heavy atom. The maximum Gasteiger partial charge on any atom is 0.262 e. The number of fused-ring (bicyclic) bond motifs is 1. The molecule has 1 aromatic heterocycles. The van der Waals surface area contributed by atoms with E-state index in [2.05, 4.69) is 10.3 Å². The Kier molecular flexibility index (Phi) is 6.84. The average Bonchev–Trinajstić information content (AvgIpc) is 3.36. The van der Waals surface area contributed by atoms with Crippen LogP contribution in [-0.2, 0) is 4.79 Å². The quantitative estimate of drug-likeness (QED) is 0.401. The van der Waals surface area contributed by atoms with Gasteiger partial charge in [-0.15, -0.1) is 0 Å². The number of anilines is 1. The summed E-state index contributed by atoms with van der Waals surface area (Å²) in [7, 11) is 1.57. The minimum atomic E-state index is -0.287. The van der Waals surface area contributed by atoms with E-state index in [1.165, 1.54) is 0 Å². The molecule has 5 rings (SSSR count). The zero-order valence-corrected chi connectivity index (χ0v) is 20.0. The van der Waals surface area contributed by atoms with E-state index in [0.717, 1.165) is 29.8 Å². The van der Waals surface area contributed by atoms with Crippen LogP contribution in [0.4, 0.5) is 5.69 Å². The zero-order valence-electron chi connectivity index (χ0n) is 20.0. The average molecular weight is 486 g/mol. The van der Waals surface area contributed by atoms with Crippen LogP contribution in [0, 0.1) is 0 Å². The first-order valence-corrected chi connectivity index (χ1v) is 11.9. The molecule has 0 saturated carbocycles. The van der Waals surface area contributed by atoms with Crippen LogP contribution in [0.25, 0.3) is 11.1 Å². The first-order valence-electron chi connectivity index (χ1n) is 11.9. The van der Waals surface area contributed by atoms with Crippen molar-refractivity contribution in [1.82, 2.24) is 9.88 Å². The monoisotopic (exact) mass is 485 g/mol. The van der Waals surface area contributed by atoms with Gasteiger partial charge in [0.25, 0.3) is 11.8 Å². The normalized spacial score (nSPS) is 14.0. The van der Waals surface area contributed by atoms with Gasteiger partial charge in [0, 0.05) is 36.3 Å². The van der Waals surface area contributed by atoms with Gasteiger partial charge >= 0.3 is 0 Å². The number of carbonyl (C=O) groups is 2. The van der Waals surface area contributed by atoms with Crippen LogP contribution in [0.1, 0.15) is 35.0 Å². The van der Waals surface area contributed by atoms with Crippen molar-refractivity contribution in [3.8, 4) is 11.5 Å². The smallest absolute Gasteiger partial charge is 0.262 e. The Morgan fingerprint density at radius 1 is 1.00 bits per heavy atom. The third-order valence-corrected chi connectivity index (χ3v) is 6.27. The molecule has 0 bridgehead atoms. The number of para-hydroxylation sites is 2. The molecule has 3 aromatic carbocycles. The summed E-state index contributed by atoms with van der Waals surface area (Å²) in [5, 5.41) is 2.77. The zero-order chi connectivity index (χ0) is 24.9. The predicted molar refractivity (Wildman–Crippen MR) is 135 cm³/mol. The van der Waals surface area contributed by atoms with E-state index < -0.39 is 0 Å². The van der Waals surface area contributed by atoms with Gasteiger partial charge in [-0.2, -0.15) is 0 Å². The van der Waals surface area contributed by atoms with E-state index in [0.29, 0.717) is 35.8 Å². The van der Waals surface area contributed by atoms with E-state index >= 15 is 0 Å². The molecule has 184 valence electrons. The van der Waals surface area contributed by atoms with Crippen LogP contribution in [0.3, 0.4) is 0 Å². The van der Waals surface area contributed by atoms with Crippen LogP contribution in [0.5, 0.6) is 11.5 Å². The van der Waals surface area contributed by atoms with Gasteiger partial charge < -0.3 is 24.1 Å². The standard InChI is InChI=1S/C28H27N3O5/c1-34-23-6-4-5-21(17-23)29-26(32)18-35-22-11-9-20(10-12-22)28(33)31-15-13-19(14-16-31)27-30-24-7-2-3-8-25(24)36-27/h2-12,17,19H,13-16,18H2,1H3,(H,29,32). The number of oxazole rings is 1. The number of amides is 2. The second-order valence-corrected chi connectivity index (χ2v) is 8.68. The van der Waals surface area contributed by atoms with Gasteiger partial charge in [-0.05, 0) is 61.4 Å². The summed E-state index contributed by atoms with van der Waals surface area (Å²) >= 11 is 0. The van der Waals surface area contributed by atoms with Crippen molar-refractivity contribution in [2.75, 3.05) is 32.1 Å². The first-order chi connectivity index (χ1) is 17.6. The number of aromatic nitrogens is 1. The van der Waals surface area contributed by atoms with Gasteiger partial charge in [0.05, 0.1) is 7.11 Å². The lowest BCUT2D eigenvalue weighted by Crippen LogP contribution is -2.37. The third-order valence-electron chi connectivity index (χ3n) is 6.27. The Morgan fingerprint density at radius 2 is 1.78 bits per heavy atom. The van der Waals surface area contributed by atoms with Crippen molar-refractivity contribution in [2.24, 2.45) is 0 Å². The summed E-state index contributed by atoms with van der Waals surface area (Å²) < 4.78 is 16.7. The molecule has 0 radical (unpaired) electrons. The number of hydrogen-bond acceptors (Lipinski definition) is 6. The molecule has 1 aliphatic rings. The molecule has 36 heavy (non-hydrogen) atoms. The molecule has 1 fully saturated rings. The maximum absolute atomic E-state index is 13.0. The van der Waals surface area contributed by atoms with Crippen LogP contribution in [-0.4, -0.2) is 48.5 Å². The second-order valence-electron chi connectivity index (χ2n) is 8.68. The van der Waals surface area contributed by atoms with Gasteiger partial charge in [-0.3, -0.25) is 9.59 Å². The molecule has 4 aromatic rings. The highest BCUT2D eigenvalue weighted by Gasteiger charge is 2.27. The van der Waals surface area contributed by atoms with Crippen LogP contribution in [0.15, 0.2) is 77.2 Å². The maximum atomic E-state index is 13.0. The number of hydrogen-bond donors (Lipinski definition) is 1. The van der Waals surface area contributed by atoms with E-state index in [4.69, 9.17) is 13.9 Å². The molecule has 1 saturated heterocycles. The number of carbonyl (C=O) groups excluding carboxylic acids is 2. The summed E-state index contributed by atoms with van der Waals surface area (Å²) in [6.07, 6.45) is 1.62. The number of piperidine rings is 1. The Hall–Kier alpha value is -4.33. The fourth-order valence-electron chi connectivity index (χ4n) is 4.32. The molecule has 1 aliphatic heterocycles. The van der Waals surface area contributed by atoms with Crippen molar-refractivity contribution in [3.63, 3.8) is 0 Å². The lowest BCUT2D eigenvalue weighted by Gasteiger charge is -2.30. The van der Waals surface area contributed by atoms with Gasteiger partial charge in [0.2, 0.25) is 0 Å². The molecule has 8 heteroatoms. The number of ether oxygens (including phenoxy) is 2. The van der Waals surface area contributed by atoms with Crippen LogP contribution < -0.4 is 14.8 Å². The predicted octanol–water partition coefficient (Wildman–Crippen LogP) is 4.87. The van der Waals surface area contributed by atoms with Gasteiger partial charge in [0.15, 0.2) is 18.1 Å². The van der Waals surface area contributed by atoms with Gasteiger partial charge in [-0.1, -0.05) is 18.2 Å². The summed E-state index contributed by atoms with van der Waals surface area (Å²) in [4.78, 5) is 31.7. The van der Waals surface area contributed by atoms with Crippen molar-refractivity contribution >= 4 is 28.6 Å². The molecule has 0 aliphatic carbocycles. The van der Waals surface area contributed by atoms with E-state index in [1.807, 2.05) is 29.2 Å². The van der Waals surface area contributed by atoms with Gasteiger partial charge in [-0.25, -0.2) is 4.98 Å². The molecule has 0 unspecified atom stereocenters. The molecule has 0 atom stereocenters. The van der Waals surface area contributed by atoms with Crippen LogP contribution in [0.2, 0.25) is 0 Å². The summed E-state index contributed by atoms with van der Waals surface area (Å²) in [5.41, 5.74) is 2.88. The molecular formula is C28H27N3O5. The molecule has 1 N–H and O–H groups in total. The summed E-state index contributed by atoms with van der Waals surface area (Å²) in [6, 6.07) is 21.7. The van der Waals surface area contributed by atoms with Crippen molar-refractivity contribution < 1.29 is 23.5 Å². The SMILES string of the molecule is COc1cccc(NC(=O)COc2ccc(C(=O)N3CCC(c4nc5ccccc5o4)CC3)cc2)c1. The fraction of sp³-hybridized carbons (Fsp3) is 0.250. The summed E-state index contributed by atoms with van der Waals surface area (Å²) in [6.45, 7) is 1.14. The highest BCUT2D eigenvalue weighted by molar-refractivity contribution is 5.94. The molecule has 2 heterocycles. The highest BCUT2D eigenvalue weighted by atomic mass is 16.5. The van der Waals surface area contributed by atoms with E-state index in [1.54, 1.807) is 55.6 Å². The van der Waals surface area contributed by atoms with Crippen molar-refractivity contribution in [1.29, 1.82) is 0 Å². The molecule has 0 spiro atoms. The lowest BCUT2D eigenvalue weighted by molar-refractivity contribution is -0.118. The number of nitrogens with one attached hydrogen (secondary N) is 1. The fourth-order valence-corrected chi connectivity index (χ4v) is 4.32. The van der Waals surface area contributed by atoms with Crippen molar-refractivity contribution in [3.05, 3.63) is 84.3 Å². The topological polar surface area (TPSA) is 93.9 Å². The van der Waals surface area contributed by atoms with E-state index in [-0.39, 0.29) is 24.3 Å². The Labute approximate surface area is 208 Å².